The van der Waals surface area contributed by atoms with Crippen molar-refractivity contribution in [3.05, 3.63) is 0 Å². The van der Waals surface area contributed by atoms with E-state index in [4.69, 9.17) is 9.47 Å². The fraction of sp³-hybridized carbons (Fsp3) is 0.972. The van der Waals surface area contributed by atoms with Crippen LogP contribution in [-0.4, -0.2) is 98.7 Å². The van der Waals surface area contributed by atoms with E-state index in [1.807, 2.05) is 6.92 Å². The van der Waals surface area contributed by atoms with Gasteiger partial charge < -0.3 is 45.4 Å². The molecule has 0 aromatic heterocycles. The van der Waals surface area contributed by atoms with Gasteiger partial charge in [0.15, 0.2) is 6.29 Å². The van der Waals surface area contributed by atoms with Gasteiger partial charge >= 0.3 is 0 Å². The number of carbonyl (C=O) groups excluding carboxylic acids is 1. The normalized spacial score (nSPS) is 23.7. The zero-order valence-corrected chi connectivity index (χ0v) is 29.2. The molecule has 0 bridgehead atoms. The van der Waals surface area contributed by atoms with Gasteiger partial charge in [-0.2, -0.15) is 0 Å². The third-order valence-corrected chi connectivity index (χ3v) is 9.28. The molecule has 0 saturated carbocycles. The molecule has 0 unspecified atom stereocenters. The molecule has 0 spiro atoms. The summed E-state index contributed by atoms with van der Waals surface area (Å²) in [6.07, 6.45) is 17.3. The summed E-state index contributed by atoms with van der Waals surface area (Å²) in [7, 11) is 0. The minimum atomic E-state index is -1.60. The molecule has 10 heteroatoms. The summed E-state index contributed by atoms with van der Waals surface area (Å²) in [4.78, 5) is 12.7. The van der Waals surface area contributed by atoms with Crippen molar-refractivity contribution in [1.82, 2.24) is 5.32 Å². The summed E-state index contributed by atoms with van der Waals surface area (Å²) < 4.78 is 10.9. The molecule has 10 nitrogen and oxygen atoms in total. The second kappa shape index (κ2) is 28.0. The number of hydrogen-bond acceptors (Lipinski definition) is 9. The van der Waals surface area contributed by atoms with E-state index in [0.29, 0.717) is 12.8 Å². The number of hydrogen-bond donors (Lipinski definition) is 7. The van der Waals surface area contributed by atoms with E-state index in [0.717, 1.165) is 25.7 Å². The smallest absolute Gasteiger partial charge is 0.220 e. The van der Waals surface area contributed by atoms with Crippen LogP contribution in [0, 0.1) is 0 Å². The monoisotopic (exact) mass is 662 g/mol. The molecule has 274 valence electrons. The summed E-state index contributed by atoms with van der Waals surface area (Å²) in [5.74, 6) is -0.271. The Morgan fingerprint density at radius 3 is 1.57 bits per heavy atom. The number of nitrogens with one attached hydrogen (secondary N) is 1. The topological polar surface area (TPSA) is 169 Å². The van der Waals surface area contributed by atoms with E-state index in [2.05, 4.69) is 12.2 Å². The number of aliphatic hydroxyl groups is 6. The number of amides is 1. The van der Waals surface area contributed by atoms with Crippen molar-refractivity contribution in [1.29, 1.82) is 0 Å². The van der Waals surface area contributed by atoms with Gasteiger partial charge in [0.05, 0.1) is 25.4 Å². The van der Waals surface area contributed by atoms with Crippen molar-refractivity contribution >= 4 is 5.91 Å². The van der Waals surface area contributed by atoms with E-state index in [1.165, 1.54) is 103 Å². The lowest BCUT2D eigenvalue weighted by Crippen LogP contribution is -2.60. The van der Waals surface area contributed by atoms with Crippen molar-refractivity contribution < 1.29 is 44.9 Å². The Morgan fingerprint density at radius 1 is 0.674 bits per heavy atom. The van der Waals surface area contributed by atoms with E-state index in [-0.39, 0.29) is 18.9 Å². The van der Waals surface area contributed by atoms with Gasteiger partial charge in [-0.1, -0.05) is 142 Å². The number of carbonyl (C=O) groups is 1. The highest BCUT2D eigenvalue weighted by atomic mass is 16.7. The maximum absolute atomic E-state index is 12.7. The third-order valence-electron chi connectivity index (χ3n) is 9.28. The van der Waals surface area contributed by atoms with E-state index >= 15 is 0 Å². The van der Waals surface area contributed by atoms with Crippen LogP contribution in [0.4, 0.5) is 0 Å². The lowest BCUT2D eigenvalue weighted by atomic mass is 9.99. The maximum Gasteiger partial charge on any atom is 0.220 e. The second-order valence-corrected chi connectivity index (χ2v) is 13.5. The van der Waals surface area contributed by atoms with Crippen molar-refractivity contribution in [3.8, 4) is 0 Å². The average molecular weight is 662 g/mol. The quantitative estimate of drug-likeness (QED) is 0.0523. The largest absolute Gasteiger partial charge is 0.394 e. The predicted molar refractivity (Wildman–Crippen MR) is 181 cm³/mol. The molecular formula is C36H71NO9. The lowest BCUT2D eigenvalue weighted by Gasteiger charge is -2.40. The van der Waals surface area contributed by atoms with Crippen molar-refractivity contribution in [3.63, 3.8) is 0 Å². The number of aliphatic hydroxyl groups excluding tert-OH is 6. The minimum Gasteiger partial charge on any atom is -0.394 e. The van der Waals surface area contributed by atoms with Gasteiger partial charge in [-0.3, -0.25) is 4.79 Å². The molecule has 1 aliphatic heterocycles. The molecule has 0 aromatic rings. The molecule has 0 radical (unpaired) electrons. The van der Waals surface area contributed by atoms with Crippen LogP contribution < -0.4 is 5.32 Å². The summed E-state index contributed by atoms with van der Waals surface area (Å²) >= 11 is 0. The highest BCUT2D eigenvalue weighted by Gasteiger charge is 2.44. The molecule has 8 atom stereocenters. The van der Waals surface area contributed by atoms with Crippen molar-refractivity contribution in [2.45, 2.75) is 210 Å². The summed E-state index contributed by atoms with van der Waals surface area (Å²) in [5.41, 5.74) is 0. The van der Waals surface area contributed by atoms with Crippen molar-refractivity contribution in [2.24, 2.45) is 0 Å². The van der Waals surface area contributed by atoms with Gasteiger partial charge in [-0.05, 0) is 12.8 Å². The second-order valence-electron chi connectivity index (χ2n) is 13.5. The first-order valence-electron chi connectivity index (χ1n) is 18.8. The highest BCUT2D eigenvalue weighted by Crippen LogP contribution is 2.23. The Labute approximate surface area is 279 Å². The number of unbranched alkanes of at least 4 members (excludes halogenated alkanes) is 19. The standard InChI is InChI=1S/C36H71NO9/c1-3-5-6-7-8-9-10-11-12-13-14-15-16-17-18-19-20-21-22-23-25-31(40)37-28(32(41)29(39)24-4-2)27-45-36-35(44)34(43)33(42)30(26-38)46-36/h28-30,32-36,38-39,41-44H,3-27H2,1-2H3,(H,37,40)/t28-,29+,30+,32-,33-,34-,35+,36-/m0/s1. The fourth-order valence-corrected chi connectivity index (χ4v) is 6.18. The molecule has 46 heavy (non-hydrogen) atoms. The molecular weight excluding hydrogens is 590 g/mol. The van der Waals surface area contributed by atoms with E-state index in [1.54, 1.807) is 0 Å². The Kier molecular flexibility index (Phi) is 26.3. The Hall–Kier alpha value is -0.850. The van der Waals surface area contributed by atoms with Gasteiger partial charge in [-0.15, -0.1) is 0 Å². The zero-order valence-electron chi connectivity index (χ0n) is 29.2. The van der Waals surface area contributed by atoms with Crippen LogP contribution in [0.3, 0.4) is 0 Å². The summed E-state index contributed by atoms with van der Waals surface area (Å²) in [5, 5.41) is 63.4. The SMILES string of the molecule is CCCCCCCCCCCCCCCCCCCCCCC(=O)N[C@@H](CO[C@H]1O[C@H](CO)[C@H](O)[C@H](O)[C@H]1O)[C@H](O)[C@H](O)CCC. The van der Waals surface area contributed by atoms with Gasteiger partial charge in [0.2, 0.25) is 5.91 Å². The first kappa shape index (κ1) is 43.2. The van der Waals surface area contributed by atoms with Crippen LogP contribution in [0.5, 0.6) is 0 Å². The van der Waals surface area contributed by atoms with Gasteiger partial charge in [0.1, 0.15) is 30.5 Å². The minimum absolute atomic E-state index is 0.271. The first-order valence-corrected chi connectivity index (χ1v) is 18.8. The van der Waals surface area contributed by atoms with Gasteiger partial charge in [0.25, 0.3) is 0 Å². The van der Waals surface area contributed by atoms with Crippen LogP contribution >= 0.6 is 0 Å². The molecule has 1 heterocycles. The van der Waals surface area contributed by atoms with Crippen LogP contribution in [-0.2, 0) is 14.3 Å². The number of rotatable bonds is 30. The summed E-state index contributed by atoms with van der Waals surface area (Å²) in [6.45, 7) is 3.23. The van der Waals surface area contributed by atoms with Gasteiger partial charge in [-0.25, -0.2) is 0 Å². The molecule has 1 aliphatic rings. The lowest BCUT2D eigenvalue weighted by molar-refractivity contribution is -0.303. The molecule has 1 amide bonds. The van der Waals surface area contributed by atoms with E-state index in [9.17, 15) is 35.4 Å². The number of ether oxygens (including phenoxy) is 2. The van der Waals surface area contributed by atoms with Gasteiger partial charge in [0, 0.05) is 6.42 Å². The van der Waals surface area contributed by atoms with E-state index < -0.39 is 55.6 Å². The predicted octanol–water partition coefficient (Wildman–Crippen LogP) is 5.02. The molecule has 1 fully saturated rings. The van der Waals surface area contributed by atoms with Crippen LogP contribution in [0.15, 0.2) is 0 Å². The Balaban J connectivity index is 2.17. The van der Waals surface area contributed by atoms with Crippen LogP contribution in [0.25, 0.3) is 0 Å². The molecule has 1 rings (SSSR count). The first-order chi connectivity index (χ1) is 22.3. The molecule has 1 saturated heterocycles. The average Bonchev–Trinajstić information content (AvgIpc) is 3.05. The van der Waals surface area contributed by atoms with Crippen LogP contribution in [0.1, 0.15) is 162 Å². The van der Waals surface area contributed by atoms with Crippen LogP contribution in [0.2, 0.25) is 0 Å². The molecule has 0 aliphatic carbocycles. The molecule has 7 N–H and O–H groups in total. The zero-order chi connectivity index (χ0) is 34.0. The summed E-state index contributed by atoms with van der Waals surface area (Å²) in [6, 6.07) is -0.980. The maximum atomic E-state index is 12.7. The molecule has 0 aromatic carbocycles. The Morgan fingerprint density at radius 2 is 1.13 bits per heavy atom. The fourth-order valence-electron chi connectivity index (χ4n) is 6.18. The Bertz CT molecular complexity index is 713. The highest BCUT2D eigenvalue weighted by molar-refractivity contribution is 5.76. The third kappa shape index (κ3) is 19.2. The van der Waals surface area contributed by atoms with Crippen molar-refractivity contribution in [2.75, 3.05) is 13.2 Å².